The Morgan fingerprint density at radius 2 is 1.95 bits per heavy atom. The molecule has 2 rings (SSSR count). The second-order valence-corrected chi connectivity index (χ2v) is 5.66. The predicted molar refractivity (Wildman–Crippen MR) is 82.4 cm³/mol. The van der Waals surface area contributed by atoms with Crippen LogP contribution >= 0.6 is 31.9 Å². The van der Waals surface area contributed by atoms with Crippen LogP contribution in [-0.4, -0.2) is 12.5 Å². The van der Waals surface area contributed by atoms with Gasteiger partial charge in [0.1, 0.15) is 0 Å². The molecular weight excluding hydrogens is 393 g/mol. The van der Waals surface area contributed by atoms with Crippen LogP contribution in [0.5, 0.6) is 5.75 Å². The number of carbonyl (C=O) groups excluding carboxylic acids is 1. The first-order valence-corrected chi connectivity index (χ1v) is 7.27. The average molecular weight is 403 g/mol. The summed E-state index contributed by atoms with van der Waals surface area (Å²) in [5.41, 5.74) is 0.621. The molecule has 0 aliphatic heterocycles. The van der Waals surface area contributed by atoms with E-state index in [1.54, 1.807) is 24.3 Å². The minimum absolute atomic E-state index is 0.0533. The van der Waals surface area contributed by atoms with Crippen LogP contribution in [0, 0.1) is 5.82 Å². The van der Waals surface area contributed by atoms with Crippen molar-refractivity contribution in [3.63, 3.8) is 0 Å². The summed E-state index contributed by atoms with van der Waals surface area (Å²) in [5, 5.41) is 2.67. The van der Waals surface area contributed by atoms with Gasteiger partial charge in [0.25, 0.3) is 5.91 Å². The molecule has 0 heterocycles. The van der Waals surface area contributed by atoms with Gasteiger partial charge >= 0.3 is 0 Å². The van der Waals surface area contributed by atoms with Crippen LogP contribution in [0.25, 0.3) is 0 Å². The van der Waals surface area contributed by atoms with Crippen molar-refractivity contribution in [2.45, 2.75) is 0 Å². The van der Waals surface area contributed by atoms with Gasteiger partial charge in [-0.2, -0.15) is 0 Å². The van der Waals surface area contributed by atoms with Crippen LogP contribution in [0.4, 0.5) is 10.1 Å². The van der Waals surface area contributed by atoms with Crippen LogP contribution in [0.1, 0.15) is 0 Å². The molecule has 1 N–H and O–H groups in total. The summed E-state index contributed by atoms with van der Waals surface area (Å²) in [6.07, 6.45) is 0. The fraction of sp³-hybridized carbons (Fsp3) is 0.0714. The fourth-order valence-corrected chi connectivity index (χ4v) is 2.63. The number of nitrogens with one attached hydrogen (secondary N) is 1. The predicted octanol–water partition coefficient (Wildman–Crippen LogP) is 4.37. The molecule has 0 saturated heterocycles. The maximum Gasteiger partial charge on any atom is 0.262 e. The quantitative estimate of drug-likeness (QED) is 0.824. The summed E-state index contributed by atoms with van der Waals surface area (Å²) in [4.78, 5) is 11.7. The van der Waals surface area contributed by atoms with E-state index in [1.807, 2.05) is 6.07 Å². The molecule has 2 aromatic rings. The highest BCUT2D eigenvalue weighted by atomic mass is 79.9. The normalized spacial score (nSPS) is 10.2. The first-order chi connectivity index (χ1) is 9.56. The van der Waals surface area contributed by atoms with E-state index in [1.165, 1.54) is 12.1 Å². The number of benzene rings is 2. The molecule has 0 unspecified atom stereocenters. The largest absolute Gasteiger partial charge is 0.481 e. The maximum absolute atomic E-state index is 13.3. The Hall–Kier alpha value is -1.40. The zero-order chi connectivity index (χ0) is 14.5. The van der Waals surface area contributed by atoms with Crippen molar-refractivity contribution in [1.82, 2.24) is 0 Å². The summed E-state index contributed by atoms with van der Waals surface area (Å²) < 4.78 is 20.1. The zero-order valence-corrected chi connectivity index (χ0v) is 13.4. The molecule has 3 nitrogen and oxygen atoms in total. The Kier molecular flexibility index (Phi) is 5.14. The van der Waals surface area contributed by atoms with Crippen LogP contribution in [0.15, 0.2) is 51.4 Å². The lowest BCUT2D eigenvalue weighted by atomic mass is 10.3. The van der Waals surface area contributed by atoms with Gasteiger partial charge in [-0.15, -0.1) is 0 Å². The number of hydrogen-bond donors (Lipinski definition) is 1. The molecule has 1 amide bonds. The first-order valence-electron chi connectivity index (χ1n) is 5.68. The van der Waals surface area contributed by atoms with Gasteiger partial charge < -0.3 is 10.1 Å². The van der Waals surface area contributed by atoms with Gasteiger partial charge in [0.05, 0.1) is 5.69 Å². The lowest BCUT2D eigenvalue weighted by Gasteiger charge is -2.09. The van der Waals surface area contributed by atoms with Gasteiger partial charge in [-0.05, 0) is 46.3 Å². The Labute approximate surface area is 132 Å². The molecule has 104 valence electrons. The van der Waals surface area contributed by atoms with Crippen LogP contribution in [-0.2, 0) is 4.79 Å². The highest BCUT2D eigenvalue weighted by Gasteiger charge is 2.08. The molecule has 0 saturated carbocycles. The molecule has 6 heteroatoms. The highest BCUT2D eigenvalue weighted by molar-refractivity contribution is 9.11. The molecule has 0 spiro atoms. The Morgan fingerprint density at radius 3 is 2.65 bits per heavy atom. The van der Waals surface area contributed by atoms with E-state index in [9.17, 15) is 9.18 Å². The molecule has 0 aromatic heterocycles. The van der Waals surface area contributed by atoms with Crippen molar-refractivity contribution >= 4 is 43.5 Å². The number of halogens is 3. The summed E-state index contributed by atoms with van der Waals surface area (Å²) in [6, 6.07) is 11.3. The van der Waals surface area contributed by atoms with E-state index in [0.29, 0.717) is 5.69 Å². The van der Waals surface area contributed by atoms with Crippen molar-refractivity contribution in [3.05, 3.63) is 57.2 Å². The Balaban J connectivity index is 1.94. The number of amides is 1. The molecule has 0 bridgehead atoms. The monoisotopic (exact) mass is 401 g/mol. The van der Waals surface area contributed by atoms with Gasteiger partial charge in [-0.3, -0.25) is 4.79 Å². The second kappa shape index (κ2) is 6.85. The van der Waals surface area contributed by atoms with E-state index in [0.717, 1.165) is 8.95 Å². The third-order valence-corrected chi connectivity index (χ3v) is 3.55. The first kappa shape index (κ1) is 15.0. The number of ether oxygens (including phenoxy) is 1. The molecule has 0 fully saturated rings. The topological polar surface area (TPSA) is 38.3 Å². The minimum atomic E-state index is -0.495. The van der Waals surface area contributed by atoms with E-state index in [-0.39, 0.29) is 18.3 Å². The van der Waals surface area contributed by atoms with Gasteiger partial charge in [-0.1, -0.05) is 28.1 Å². The van der Waals surface area contributed by atoms with Gasteiger partial charge in [0, 0.05) is 8.95 Å². The number of rotatable bonds is 4. The summed E-state index contributed by atoms with van der Waals surface area (Å²) in [5.74, 6) is -0.807. The third-order valence-electron chi connectivity index (χ3n) is 2.40. The van der Waals surface area contributed by atoms with Crippen LogP contribution < -0.4 is 10.1 Å². The van der Waals surface area contributed by atoms with Crippen molar-refractivity contribution in [1.29, 1.82) is 0 Å². The van der Waals surface area contributed by atoms with Crippen molar-refractivity contribution in [2.75, 3.05) is 11.9 Å². The van der Waals surface area contributed by atoms with Crippen molar-refractivity contribution < 1.29 is 13.9 Å². The molecule has 0 atom stereocenters. The van der Waals surface area contributed by atoms with Crippen molar-refractivity contribution in [2.24, 2.45) is 0 Å². The number of carbonyl (C=O) groups is 1. The van der Waals surface area contributed by atoms with E-state index >= 15 is 0 Å². The Bertz CT molecular complexity index is 634. The van der Waals surface area contributed by atoms with Crippen LogP contribution in [0.3, 0.4) is 0 Å². The lowest BCUT2D eigenvalue weighted by Crippen LogP contribution is -2.20. The number of hydrogen-bond acceptors (Lipinski definition) is 2. The molecule has 0 radical (unpaired) electrons. The summed E-state index contributed by atoms with van der Waals surface area (Å²) in [7, 11) is 0. The maximum atomic E-state index is 13.3. The standard InChI is InChI=1S/C14H10Br2FNO2/c15-9-5-6-12(10(16)7-9)18-14(19)8-20-13-4-2-1-3-11(13)17/h1-7H,8H2,(H,18,19). The third kappa shape index (κ3) is 4.05. The molecular formula is C14H10Br2FNO2. The second-order valence-electron chi connectivity index (χ2n) is 3.89. The minimum Gasteiger partial charge on any atom is -0.481 e. The zero-order valence-electron chi connectivity index (χ0n) is 10.2. The Morgan fingerprint density at radius 1 is 1.20 bits per heavy atom. The average Bonchev–Trinajstić information content (AvgIpc) is 2.41. The molecule has 0 aliphatic rings. The molecule has 20 heavy (non-hydrogen) atoms. The number of para-hydroxylation sites is 1. The highest BCUT2D eigenvalue weighted by Crippen LogP contribution is 2.26. The van der Waals surface area contributed by atoms with Crippen LogP contribution in [0.2, 0.25) is 0 Å². The van der Waals surface area contributed by atoms with Gasteiger partial charge in [0.15, 0.2) is 18.2 Å². The SMILES string of the molecule is O=C(COc1ccccc1F)Nc1ccc(Br)cc1Br. The van der Waals surface area contributed by atoms with Crippen molar-refractivity contribution in [3.8, 4) is 5.75 Å². The van der Waals surface area contributed by atoms with Gasteiger partial charge in [0.2, 0.25) is 0 Å². The lowest BCUT2D eigenvalue weighted by molar-refractivity contribution is -0.118. The fourth-order valence-electron chi connectivity index (χ4n) is 1.48. The molecule has 0 aliphatic carbocycles. The summed E-state index contributed by atoms with van der Waals surface area (Å²) in [6.45, 7) is -0.260. The smallest absolute Gasteiger partial charge is 0.262 e. The number of anilines is 1. The van der Waals surface area contributed by atoms with E-state index in [2.05, 4.69) is 37.2 Å². The van der Waals surface area contributed by atoms with E-state index < -0.39 is 5.82 Å². The summed E-state index contributed by atoms with van der Waals surface area (Å²) >= 11 is 6.66. The molecule has 2 aromatic carbocycles. The van der Waals surface area contributed by atoms with E-state index in [4.69, 9.17) is 4.74 Å². The van der Waals surface area contributed by atoms with Gasteiger partial charge in [-0.25, -0.2) is 4.39 Å².